The SMILES string of the molecule is CCCCNCc1ccn(CC(F)(F)F)n1.Cl. The summed E-state index contributed by atoms with van der Waals surface area (Å²) in [6.45, 7) is 2.44. The molecule has 0 aliphatic carbocycles. The number of alkyl halides is 3. The minimum absolute atomic E-state index is 0. The zero-order valence-electron chi connectivity index (χ0n) is 9.63. The number of halogens is 4. The van der Waals surface area contributed by atoms with Gasteiger partial charge in [0, 0.05) is 12.7 Å². The third-order valence-corrected chi connectivity index (χ3v) is 2.05. The predicted molar refractivity (Wildman–Crippen MR) is 62.1 cm³/mol. The van der Waals surface area contributed by atoms with Gasteiger partial charge in [-0.3, -0.25) is 4.68 Å². The van der Waals surface area contributed by atoms with Crippen molar-refractivity contribution in [3.63, 3.8) is 0 Å². The molecular weight excluding hydrogens is 255 g/mol. The smallest absolute Gasteiger partial charge is 0.311 e. The molecule has 0 aromatic carbocycles. The topological polar surface area (TPSA) is 29.9 Å². The van der Waals surface area contributed by atoms with Gasteiger partial charge in [-0.15, -0.1) is 12.4 Å². The van der Waals surface area contributed by atoms with Gasteiger partial charge in [0.15, 0.2) is 0 Å². The van der Waals surface area contributed by atoms with Crippen molar-refractivity contribution in [2.75, 3.05) is 6.54 Å². The molecule has 0 saturated carbocycles. The fourth-order valence-electron chi connectivity index (χ4n) is 1.29. The van der Waals surface area contributed by atoms with E-state index in [-0.39, 0.29) is 12.4 Å². The molecule has 0 unspecified atom stereocenters. The molecule has 0 aliphatic rings. The third-order valence-electron chi connectivity index (χ3n) is 2.05. The van der Waals surface area contributed by atoms with E-state index in [9.17, 15) is 13.2 Å². The van der Waals surface area contributed by atoms with E-state index in [1.807, 2.05) is 0 Å². The predicted octanol–water partition coefficient (Wildman–Crippen LogP) is 2.76. The molecule has 7 heteroatoms. The summed E-state index contributed by atoms with van der Waals surface area (Å²) in [5, 5.41) is 6.95. The number of unbranched alkanes of at least 4 members (excludes halogenated alkanes) is 1. The van der Waals surface area contributed by atoms with Crippen LogP contribution < -0.4 is 5.32 Å². The number of hydrogen-bond acceptors (Lipinski definition) is 2. The standard InChI is InChI=1S/C10H16F3N3.ClH/c1-2-3-5-14-7-9-4-6-16(15-9)8-10(11,12)13;/h4,6,14H,2-3,5,7-8H2,1H3;1H. The minimum Gasteiger partial charge on any atom is -0.311 e. The van der Waals surface area contributed by atoms with Gasteiger partial charge in [0.05, 0.1) is 5.69 Å². The van der Waals surface area contributed by atoms with Crippen LogP contribution in [-0.4, -0.2) is 22.5 Å². The zero-order chi connectivity index (χ0) is 12.0. The molecule has 1 heterocycles. The number of nitrogens with zero attached hydrogens (tertiary/aromatic N) is 2. The van der Waals surface area contributed by atoms with E-state index in [1.54, 1.807) is 6.07 Å². The maximum absolute atomic E-state index is 12.0. The normalized spacial score (nSPS) is 11.3. The van der Waals surface area contributed by atoms with Crippen LogP contribution in [0.2, 0.25) is 0 Å². The Bertz CT molecular complexity index is 312. The van der Waals surface area contributed by atoms with E-state index in [0.29, 0.717) is 12.2 Å². The molecule has 0 atom stereocenters. The molecule has 1 N–H and O–H groups in total. The van der Waals surface area contributed by atoms with Crippen molar-refractivity contribution in [3.05, 3.63) is 18.0 Å². The number of nitrogens with one attached hydrogen (secondary N) is 1. The van der Waals surface area contributed by atoms with E-state index in [0.717, 1.165) is 24.1 Å². The second kappa shape index (κ2) is 7.55. The van der Waals surface area contributed by atoms with E-state index < -0.39 is 12.7 Å². The molecule has 0 saturated heterocycles. The Labute approximate surface area is 105 Å². The maximum Gasteiger partial charge on any atom is 0.408 e. The van der Waals surface area contributed by atoms with E-state index in [4.69, 9.17) is 0 Å². The molecule has 1 aromatic heterocycles. The summed E-state index contributed by atoms with van der Waals surface area (Å²) < 4.78 is 37.0. The zero-order valence-corrected chi connectivity index (χ0v) is 10.4. The van der Waals surface area contributed by atoms with Crippen molar-refractivity contribution in [1.82, 2.24) is 15.1 Å². The van der Waals surface area contributed by atoms with Gasteiger partial charge in [0.1, 0.15) is 6.54 Å². The molecule has 1 rings (SSSR count). The molecule has 0 bridgehead atoms. The summed E-state index contributed by atoms with van der Waals surface area (Å²) in [5.74, 6) is 0. The van der Waals surface area contributed by atoms with Crippen molar-refractivity contribution in [3.8, 4) is 0 Å². The quantitative estimate of drug-likeness (QED) is 0.807. The van der Waals surface area contributed by atoms with Crippen LogP contribution in [0.4, 0.5) is 13.2 Å². The third kappa shape index (κ3) is 7.23. The first-order valence-corrected chi connectivity index (χ1v) is 5.31. The van der Waals surface area contributed by atoms with Crippen LogP contribution in [0.1, 0.15) is 25.5 Å². The molecule has 3 nitrogen and oxygen atoms in total. The van der Waals surface area contributed by atoms with Gasteiger partial charge in [-0.25, -0.2) is 0 Å². The van der Waals surface area contributed by atoms with E-state index in [2.05, 4.69) is 17.3 Å². The first-order chi connectivity index (χ1) is 7.51. The van der Waals surface area contributed by atoms with Gasteiger partial charge in [0.2, 0.25) is 0 Å². The Kier molecular flexibility index (Phi) is 7.22. The van der Waals surface area contributed by atoms with Crippen LogP contribution in [0.25, 0.3) is 0 Å². The van der Waals surface area contributed by atoms with Crippen LogP contribution in [0.5, 0.6) is 0 Å². The van der Waals surface area contributed by atoms with Crippen LogP contribution in [0.15, 0.2) is 12.3 Å². The fraction of sp³-hybridized carbons (Fsp3) is 0.700. The lowest BCUT2D eigenvalue weighted by molar-refractivity contribution is -0.142. The van der Waals surface area contributed by atoms with Crippen LogP contribution in [0, 0.1) is 0 Å². The minimum atomic E-state index is -4.21. The summed E-state index contributed by atoms with van der Waals surface area (Å²) in [7, 11) is 0. The van der Waals surface area contributed by atoms with Crippen molar-refractivity contribution in [1.29, 1.82) is 0 Å². The Morgan fingerprint density at radius 2 is 2.12 bits per heavy atom. The highest BCUT2D eigenvalue weighted by molar-refractivity contribution is 5.85. The highest BCUT2D eigenvalue weighted by atomic mass is 35.5. The lowest BCUT2D eigenvalue weighted by Gasteiger charge is -2.05. The Morgan fingerprint density at radius 1 is 1.41 bits per heavy atom. The van der Waals surface area contributed by atoms with E-state index in [1.165, 1.54) is 6.20 Å². The lowest BCUT2D eigenvalue weighted by Crippen LogP contribution is -2.19. The highest BCUT2D eigenvalue weighted by Crippen LogP contribution is 2.16. The second-order valence-electron chi connectivity index (χ2n) is 3.65. The molecule has 0 radical (unpaired) electrons. The van der Waals surface area contributed by atoms with Crippen molar-refractivity contribution < 1.29 is 13.2 Å². The maximum atomic E-state index is 12.0. The van der Waals surface area contributed by atoms with E-state index >= 15 is 0 Å². The van der Waals surface area contributed by atoms with Crippen molar-refractivity contribution in [2.24, 2.45) is 0 Å². The molecule has 1 aromatic rings. The fourth-order valence-corrected chi connectivity index (χ4v) is 1.29. The van der Waals surface area contributed by atoms with Crippen molar-refractivity contribution >= 4 is 12.4 Å². The summed E-state index contributed by atoms with van der Waals surface area (Å²) >= 11 is 0. The molecule has 17 heavy (non-hydrogen) atoms. The van der Waals surface area contributed by atoms with Crippen molar-refractivity contribution in [2.45, 2.75) is 39.0 Å². The van der Waals surface area contributed by atoms with Crippen LogP contribution in [-0.2, 0) is 13.1 Å². The van der Waals surface area contributed by atoms with Crippen LogP contribution >= 0.6 is 12.4 Å². The highest BCUT2D eigenvalue weighted by Gasteiger charge is 2.28. The van der Waals surface area contributed by atoms with Gasteiger partial charge in [-0.2, -0.15) is 18.3 Å². The second-order valence-corrected chi connectivity index (χ2v) is 3.65. The van der Waals surface area contributed by atoms with Gasteiger partial charge < -0.3 is 5.32 Å². The van der Waals surface area contributed by atoms with Gasteiger partial charge >= 0.3 is 6.18 Å². The molecule has 0 spiro atoms. The summed E-state index contributed by atoms with van der Waals surface area (Å²) in [5.41, 5.74) is 0.639. The number of hydrogen-bond donors (Lipinski definition) is 1. The Balaban J connectivity index is 0.00000256. The number of aromatic nitrogens is 2. The van der Waals surface area contributed by atoms with Crippen LogP contribution in [0.3, 0.4) is 0 Å². The average Bonchev–Trinajstić information content (AvgIpc) is 2.58. The first-order valence-electron chi connectivity index (χ1n) is 5.31. The Hall–Kier alpha value is -0.750. The molecule has 0 aliphatic heterocycles. The summed E-state index contributed by atoms with van der Waals surface area (Å²) in [4.78, 5) is 0. The molecule has 0 fully saturated rings. The van der Waals surface area contributed by atoms with Gasteiger partial charge in [-0.05, 0) is 19.0 Å². The molecule has 100 valence electrons. The average molecular weight is 272 g/mol. The monoisotopic (exact) mass is 271 g/mol. The first kappa shape index (κ1) is 16.2. The number of rotatable bonds is 6. The van der Waals surface area contributed by atoms with Gasteiger partial charge in [0.25, 0.3) is 0 Å². The van der Waals surface area contributed by atoms with Gasteiger partial charge in [-0.1, -0.05) is 13.3 Å². The Morgan fingerprint density at radius 3 is 2.71 bits per heavy atom. The largest absolute Gasteiger partial charge is 0.408 e. The molecular formula is C10H17ClF3N3. The summed E-state index contributed by atoms with van der Waals surface area (Å²) in [6, 6.07) is 1.60. The summed E-state index contributed by atoms with van der Waals surface area (Å²) in [6.07, 6.45) is -0.706. The molecule has 0 amide bonds. The lowest BCUT2D eigenvalue weighted by atomic mass is 10.3.